The molecule has 1 aliphatic rings. The van der Waals surface area contributed by atoms with Crippen LogP contribution in [0.1, 0.15) is 28.8 Å². The molecule has 0 radical (unpaired) electrons. The van der Waals surface area contributed by atoms with Gasteiger partial charge in [0.1, 0.15) is 11.2 Å². The van der Waals surface area contributed by atoms with E-state index in [1.54, 1.807) is 29.3 Å². The zero-order chi connectivity index (χ0) is 17.9. The van der Waals surface area contributed by atoms with Gasteiger partial charge in [0.15, 0.2) is 0 Å². The Bertz CT molecular complexity index is 1070. The Morgan fingerprint density at radius 3 is 2.69 bits per heavy atom. The maximum absolute atomic E-state index is 12.9. The average molecular weight is 343 g/mol. The maximum Gasteiger partial charge on any atom is 0.270 e. The summed E-state index contributed by atoms with van der Waals surface area (Å²) in [7, 11) is 0. The Morgan fingerprint density at radius 1 is 1.15 bits per heavy atom. The minimum Gasteiger partial charge on any atom is -0.324 e. The highest BCUT2D eigenvalue weighted by Crippen LogP contribution is 2.27. The SMILES string of the molecule is O=C(c1cnc2ccccn2c1=O)N(CC#Cc1ccccc1)C1CC1. The van der Waals surface area contributed by atoms with Crippen LogP contribution in [0.3, 0.4) is 0 Å². The van der Waals surface area contributed by atoms with E-state index in [9.17, 15) is 9.59 Å². The Kier molecular flexibility index (Phi) is 4.24. The number of carbonyl (C=O) groups excluding carboxylic acids is 1. The first-order chi connectivity index (χ1) is 12.7. The van der Waals surface area contributed by atoms with Crippen LogP contribution in [0.15, 0.2) is 65.7 Å². The molecule has 2 heterocycles. The van der Waals surface area contributed by atoms with Crippen LogP contribution in [0, 0.1) is 11.8 Å². The Labute approximate surface area is 150 Å². The molecule has 1 aromatic carbocycles. The molecule has 0 saturated heterocycles. The van der Waals surface area contributed by atoms with Gasteiger partial charge in [0.25, 0.3) is 11.5 Å². The predicted molar refractivity (Wildman–Crippen MR) is 98.8 cm³/mol. The Morgan fingerprint density at radius 2 is 1.92 bits per heavy atom. The van der Waals surface area contributed by atoms with Crippen LogP contribution in [0.5, 0.6) is 0 Å². The van der Waals surface area contributed by atoms with Crippen molar-refractivity contribution in [3.05, 3.63) is 82.4 Å². The zero-order valence-electron chi connectivity index (χ0n) is 14.1. The summed E-state index contributed by atoms with van der Waals surface area (Å²) in [6.07, 6.45) is 4.89. The third-order valence-corrected chi connectivity index (χ3v) is 4.35. The van der Waals surface area contributed by atoms with Gasteiger partial charge in [-0.15, -0.1) is 0 Å². The van der Waals surface area contributed by atoms with E-state index in [1.165, 1.54) is 10.6 Å². The molecule has 1 amide bonds. The molecule has 26 heavy (non-hydrogen) atoms. The van der Waals surface area contributed by atoms with E-state index in [0.717, 1.165) is 18.4 Å². The summed E-state index contributed by atoms with van der Waals surface area (Å²) in [6.45, 7) is 0.301. The minimum absolute atomic E-state index is 0.0853. The highest BCUT2D eigenvalue weighted by atomic mass is 16.2. The molecule has 128 valence electrons. The minimum atomic E-state index is -0.345. The molecule has 3 aromatic rings. The number of amides is 1. The van der Waals surface area contributed by atoms with Gasteiger partial charge < -0.3 is 4.90 Å². The number of carbonyl (C=O) groups is 1. The smallest absolute Gasteiger partial charge is 0.270 e. The van der Waals surface area contributed by atoms with Gasteiger partial charge in [-0.05, 0) is 37.1 Å². The van der Waals surface area contributed by atoms with E-state index in [1.807, 2.05) is 30.3 Å². The van der Waals surface area contributed by atoms with E-state index in [0.29, 0.717) is 12.2 Å². The van der Waals surface area contributed by atoms with Crippen LogP contribution in [0.4, 0.5) is 0 Å². The summed E-state index contributed by atoms with van der Waals surface area (Å²) in [6, 6.07) is 15.1. The molecule has 2 aromatic heterocycles. The van der Waals surface area contributed by atoms with Crippen molar-refractivity contribution in [1.29, 1.82) is 0 Å². The lowest BCUT2D eigenvalue weighted by Crippen LogP contribution is -2.37. The molecule has 0 bridgehead atoms. The second-order valence-electron chi connectivity index (χ2n) is 6.24. The van der Waals surface area contributed by atoms with Gasteiger partial charge >= 0.3 is 0 Å². The molecule has 1 fully saturated rings. The zero-order valence-corrected chi connectivity index (χ0v) is 14.1. The second kappa shape index (κ2) is 6.85. The molecule has 0 atom stereocenters. The molecule has 5 nitrogen and oxygen atoms in total. The first-order valence-corrected chi connectivity index (χ1v) is 8.55. The van der Waals surface area contributed by atoms with E-state index in [4.69, 9.17) is 0 Å². The summed E-state index contributed by atoms with van der Waals surface area (Å²) in [4.78, 5) is 31.5. The first kappa shape index (κ1) is 16.1. The first-order valence-electron chi connectivity index (χ1n) is 8.55. The van der Waals surface area contributed by atoms with Gasteiger partial charge in [-0.25, -0.2) is 4.98 Å². The highest BCUT2D eigenvalue weighted by molar-refractivity contribution is 5.94. The molecule has 0 unspecified atom stereocenters. The van der Waals surface area contributed by atoms with Gasteiger partial charge in [-0.2, -0.15) is 0 Å². The van der Waals surface area contributed by atoms with Crippen LogP contribution in [-0.2, 0) is 0 Å². The van der Waals surface area contributed by atoms with Gasteiger partial charge in [-0.1, -0.05) is 36.1 Å². The highest BCUT2D eigenvalue weighted by Gasteiger charge is 2.33. The summed E-state index contributed by atoms with van der Waals surface area (Å²) in [5, 5.41) is 0. The largest absolute Gasteiger partial charge is 0.324 e. The van der Waals surface area contributed by atoms with Crippen molar-refractivity contribution < 1.29 is 4.79 Å². The summed E-state index contributed by atoms with van der Waals surface area (Å²) in [5.74, 6) is 5.82. The van der Waals surface area contributed by atoms with Gasteiger partial charge in [0.2, 0.25) is 0 Å². The number of nitrogens with zero attached hydrogens (tertiary/aromatic N) is 3. The second-order valence-corrected chi connectivity index (χ2v) is 6.24. The Balaban J connectivity index is 1.62. The molecule has 5 heteroatoms. The molecule has 1 saturated carbocycles. The molecule has 0 aliphatic heterocycles. The van der Waals surface area contributed by atoms with E-state index < -0.39 is 0 Å². The van der Waals surface area contributed by atoms with E-state index >= 15 is 0 Å². The predicted octanol–water partition coefficient (Wildman–Crippen LogP) is 2.35. The lowest BCUT2D eigenvalue weighted by Gasteiger charge is -2.19. The fourth-order valence-corrected chi connectivity index (χ4v) is 2.83. The summed E-state index contributed by atoms with van der Waals surface area (Å²) >= 11 is 0. The van der Waals surface area contributed by atoms with Crippen molar-refractivity contribution in [2.75, 3.05) is 6.54 Å². The quantitative estimate of drug-likeness (QED) is 0.686. The third kappa shape index (κ3) is 3.22. The average Bonchev–Trinajstić information content (AvgIpc) is 3.51. The van der Waals surface area contributed by atoms with Crippen LogP contribution >= 0.6 is 0 Å². The monoisotopic (exact) mass is 343 g/mol. The van der Waals surface area contributed by atoms with Crippen LogP contribution in [0.25, 0.3) is 5.65 Å². The number of pyridine rings is 1. The number of rotatable bonds is 3. The summed E-state index contributed by atoms with van der Waals surface area (Å²) in [5.41, 5.74) is 1.17. The molecular weight excluding hydrogens is 326 g/mol. The summed E-state index contributed by atoms with van der Waals surface area (Å²) < 4.78 is 1.40. The maximum atomic E-state index is 12.9. The van der Waals surface area contributed by atoms with E-state index in [2.05, 4.69) is 16.8 Å². The normalized spacial score (nSPS) is 13.1. The standard InChI is InChI=1S/C21H17N3O2/c25-20(18-15-22-19-10-4-5-13-24(19)21(18)26)23(17-11-12-17)14-6-9-16-7-2-1-3-8-16/h1-5,7-8,10,13,15,17H,11-12,14H2. The molecule has 0 spiro atoms. The van der Waals surface area contributed by atoms with Crippen molar-refractivity contribution in [3.8, 4) is 11.8 Å². The van der Waals surface area contributed by atoms with Crippen molar-refractivity contribution in [3.63, 3.8) is 0 Å². The van der Waals surface area contributed by atoms with Gasteiger partial charge in [0, 0.05) is 24.0 Å². The molecular formula is C21H17N3O2. The van der Waals surface area contributed by atoms with Crippen molar-refractivity contribution in [1.82, 2.24) is 14.3 Å². The Hall–Kier alpha value is -3.39. The number of aromatic nitrogens is 2. The molecule has 0 N–H and O–H groups in total. The fraction of sp³-hybridized carbons (Fsp3) is 0.190. The lowest BCUT2D eigenvalue weighted by molar-refractivity contribution is 0.0763. The van der Waals surface area contributed by atoms with Crippen molar-refractivity contribution in [2.45, 2.75) is 18.9 Å². The number of benzene rings is 1. The van der Waals surface area contributed by atoms with Crippen molar-refractivity contribution >= 4 is 11.6 Å². The topological polar surface area (TPSA) is 54.7 Å². The van der Waals surface area contributed by atoms with Gasteiger partial charge in [-0.3, -0.25) is 14.0 Å². The number of fused-ring (bicyclic) bond motifs is 1. The molecule has 4 rings (SSSR count). The van der Waals surface area contributed by atoms with Gasteiger partial charge in [0.05, 0.1) is 6.54 Å². The van der Waals surface area contributed by atoms with Crippen molar-refractivity contribution in [2.24, 2.45) is 0 Å². The molecule has 1 aliphatic carbocycles. The van der Waals surface area contributed by atoms with E-state index in [-0.39, 0.29) is 23.1 Å². The van der Waals surface area contributed by atoms with Crippen LogP contribution in [-0.4, -0.2) is 32.8 Å². The third-order valence-electron chi connectivity index (χ3n) is 4.35. The number of hydrogen-bond donors (Lipinski definition) is 0. The van der Waals surface area contributed by atoms with Crippen LogP contribution in [0.2, 0.25) is 0 Å². The lowest BCUT2D eigenvalue weighted by atomic mass is 10.2. The van der Waals surface area contributed by atoms with Crippen LogP contribution < -0.4 is 5.56 Å². The fourth-order valence-electron chi connectivity index (χ4n) is 2.83. The number of hydrogen-bond acceptors (Lipinski definition) is 3.